The van der Waals surface area contributed by atoms with Crippen LogP contribution in [0.1, 0.15) is 38.1 Å². The van der Waals surface area contributed by atoms with Crippen molar-refractivity contribution in [1.29, 1.82) is 0 Å². The molecule has 2 N–H and O–H groups in total. The van der Waals surface area contributed by atoms with E-state index in [-0.39, 0.29) is 19.1 Å². The van der Waals surface area contributed by atoms with E-state index in [1.54, 1.807) is 76.2 Å². The van der Waals surface area contributed by atoms with Crippen molar-refractivity contribution in [2.45, 2.75) is 33.3 Å². The molecular formula is C22H26N2O6. The second-order valence-corrected chi connectivity index (χ2v) is 7.28. The van der Waals surface area contributed by atoms with Crippen molar-refractivity contribution in [3.05, 3.63) is 54.1 Å². The number of benzene rings is 2. The summed E-state index contributed by atoms with van der Waals surface area (Å²) >= 11 is 0. The number of hydrogen-bond acceptors (Lipinski definition) is 6. The zero-order chi connectivity index (χ0) is 22.1. The van der Waals surface area contributed by atoms with Crippen molar-refractivity contribution >= 4 is 29.3 Å². The molecule has 2 aromatic rings. The van der Waals surface area contributed by atoms with Crippen LogP contribution in [0.25, 0.3) is 0 Å². The zero-order valence-electron chi connectivity index (χ0n) is 17.5. The van der Waals surface area contributed by atoms with Gasteiger partial charge in [0.1, 0.15) is 11.4 Å². The average molecular weight is 414 g/mol. The summed E-state index contributed by atoms with van der Waals surface area (Å²) in [4.78, 5) is 35.9. The van der Waals surface area contributed by atoms with Crippen LogP contribution in [-0.4, -0.2) is 36.8 Å². The summed E-state index contributed by atoms with van der Waals surface area (Å²) in [6.45, 7) is 7.07. The van der Waals surface area contributed by atoms with Gasteiger partial charge in [0.2, 0.25) is 0 Å². The molecule has 0 aliphatic heterocycles. The maximum absolute atomic E-state index is 12.6. The Bertz CT molecular complexity index is 904. The quantitative estimate of drug-likeness (QED) is 0.658. The molecule has 2 aromatic carbocycles. The minimum atomic E-state index is -0.626. The molecule has 160 valence electrons. The predicted octanol–water partition coefficient (Wildman–Crippen LogP) is 4.23. The second-order valence-electron chi connectivity index (χ2n) is 7.28. The van der Waals surface area contributed by atoms with Crippen LogP contribution in [0.5, 0.6) is 5.75 Å². The second kappa shape index (κ2) is 10.3. The SMILES string of the molecule is CCOC(=O)COc1cccc(NC(=O)c2cccc(NC(=O)OC(C)(C)C)c2)c1. The lowest BCUT2D eigenvalue weighted by Crippen LogP contribution is -2.27. The highest BCUT2D eigenvalue weighted by atomic mass is 16.6. The summed E-state index contributed by atoms with van der Waals surface area (Å²) in [6.07, 6.45) is -0.605. The lowest BCUT2D eigenvalue weighted by Gasteiger charge is -2.19. The third-order valence-electron chi connectivity index (χ3n) is 3.52. The normalized spacial score (nSPS) is 10.7. The minimum absolute atomic E-state index is 0.219. The van der Waals surface area contributed by atoms with Gasteiger partial charge < -0.3 is 19.5 Å². The largest absolute Gasteiger partial charge is 0.482 e. The van der Waals surface area contributed by atoms with Gasteiger partial charge in [-0.05, 0) is 58.0 Å². The minimum Gasteiger partial charge on any atom is -0.482 e. The third-order valence-corrected chi connectivity index (χ3v) is 3.52. The van der Waals surface area contributed by atoms with Gasteiger partial charge in [-0.25, -0.2) is 9.59 Å². The zero-order valence-corrected chi connectivity index (χ0v) is 17.5. The number of rotatable bonds is 7. The van der Waals surface area contributed by atoms with E-state index in [1.807, 2.05) is 0 Å². The van der Waals surface area contributed by atoms with Crippen LogP contribution in [0.2, 0.25) is 0 Å². The molecule has 0 heterocycles. The Kier molecular flexibility index (Phi) is 7.80. The Morgan fingerprint density at radius 2 is 1.60 bits per heavy atom. The molecule has 0 aliphatic carbocycles. The van der Waals surface area contributed by atoms with Crippen molar-refractivity contribution in [3.63, 3.8) is 0 Å². The van der Waals surface area contributed by atoms with Crippen molar-refractivity contribution < 1.29 is 28.6 Å². The Balaban J connectivity index is 2.00. The summed E-state index contributed by atoms with van der Waals surface area (Å²) in [6, 6.07) is 13.1. The Labute approximate surface area is 175 Å². The molecule has 0 fully saturated rings. The van der Waals surface area contributed by atoms with Gasteiger partial charge in [-0.3, -0.25) is 10.1 Å². The van der Waals surface area contributed by atoms with E-state index in [9.17, 15) is 14.4 Å². The molecule has 0 atom stereocenters. The van der Waals surface area contributed by atoms with Crippen LogP contribution < -0.4 is 15.4 Å². The first-order chi connectivity index (χ1) is 14.2. The monoisotopic (exact) mass is 414 g/mol. The average Bonchev–Trinajstić information content (AvgIpc) is 2.65. The molecule has 0 spiro atoms. The number of carbonyl (C=O) groups excluding carboxylic acids is 3. The molecule has 8 heteroatoms. The summed E-state index contributed by atoms with van der Waals surface area (Å²) in [5.74, 6) is -0.423. The Hall–Kier alpha value is -3.55. The summed E-state index contributed by atoms with van der Waals surface area (Å²) in [5.41, 5.74) is 0.649. The number of nitrogens with one attached hydrogen (secondary N) is 2. The van der Waals surface area contributed by atoms with Gasteiger partial charge in [0.05, 0.1) is 6.61 Å². The van der Waals surface area contributed by atoms with Crippen molar-refractivity contribution in [2.24, 2.45) is 0 Å². The summed E-state index contributed by atoms with van der Waals surface area (Å²) in [5, 5.41) is 5.35. The Morgan fingerprint density at radius 1 is 0.933 bits per heavy atom. The molecule has 0 saturated carbocycles. The molecular weight excluding hydrogens is 388 g/mol. The third kappa shape index (κ3) is 7.83. The standard InChI is InChI=1S/C22H26N2O6/c1-5-28-19(25)14-29-18-11-7-10-17(13-18)23-20(26)15-8-6-9-16(12-15)24-21(27)30-22(2,3)4/h6-13H,5,14H2,1-4H3,(H,23,26)(H,24,27). The van der Waals surface area contributed by atoms with E-state index in [4.69, 9.17) is 14.2 Å². The van der Waals surface area contributed by atoms with Crippen LogP contribution in [0, 0.1) is 0 Å². The highest BCUT2D eigenvalue weighted by Crippen LogP contribution is 2.19. The fraction of sp³-hybridized carbons (Fsp3) is 0.318. The maximum Gasteiger partial charge on any atom is 0.412 e. The molecule has 0 aliphatic rings. The first-order valence-electron chi connectivity index (χ1n) is 9.46. The van der Waals surface area contributed by atoms with Crippen molar-refractivity contribution in [3.8, 4) is 5.75 Å². The van der Waals surface area contributed by atoms with Gasteiger partial charge in [-0.2, -0.15) is 0 Å². The lowest BCUT2D eigenvalue weighted by atomic mass is 10.2. The van der Waals surface area contributed by atoms with Crippen LogP contribution in [-0.2, 0) is 14.3 Å². The van der Waals surface area contributed by atoms with Crippen LogP contribution in [0.15, 0.2) is 48.5 Å². The lowest BCUT2D eigenvalue weighted by molar-refractivity contribution is -0.145. The predicted molar refractivity (Wildman–Crippen MR) is 113 cm³/mol. The number of amides is 2. The molecule has 0 saturated heterocycles. The fourth-order valence-electron chi connectivity index (χ4n) is 2.37. The number of carbonyl (C=O) groups is 3. The molecule has 0 aromatic heterocycles. The molecule has 30 heavy (non-hydrogen) atoms. The topological polar surface area (TPSA) is 103 Å². The summed E-state index contributed by atoms with van der Waals surface area (Å²) < 4.78 is 15.4. The van der Waals surface area contributed by atoms with Crippen molar-refractivity contribution in [2.75, 3.05) is 23.8 Å². The molecule has 2 rings (SSSR count). The van der Waals surface area contributed by atoms with E-state index >= 15 is 0 Å². The number of hydrogen-bond donors (Lipinski definition) is 2. The molecule has 0 unspecified atom stereocenters. The first kappa shape index (κ1) is 22.7. The van der Waals surface area contributed by atoms with E-state index in [2.05, 4.69) is 10.6 Å². The summed E-state index contributed by atoms with van der Waals surface area (Å²) in [7, 11) is 0. The number of esters is 1. The first-order valence-corrected chi connectivity index (χ1v) is 9.46. The van der Waals surface area contributed by atoms with Gasteiger partial charge in [-0.1, -0.05) is 12.1 Å². The van der Waals surface area contributed by atoms with Crippen LogP contribution in [0.4, 0.5) is 16.2 Å². The van der Waals surface area contributed by atoms with Gasteiger partial charge >= 0.3 is 12.1 Å². The van der Waals surface area contributed by atoms with Gasteiger partial charge in [0, 0.05) is 23.0 Å². The molecule has 0 radical (unpaired) electrons. The maximum atomic E-state index is 12.6. The highest BCUT2D eigenvalue weighted by Gasteiger charge is 2.16. The van der Waals surface area contributed by atoms with E-state index < -0.39 is 17.7 Å². The fourth-order valence-corrected chi connectivity index (χ4v) is 2.37. The number of ether oxygens (including phenoxy) is 3. The van der Waals surface area contributed by atoms with E-state index in [0.29, 0.717) is 22.7 Å². The molecule has 8 nitrogen and oxygen atoms in total. The highest BCUT2D eigenvalue weighted by molar-refractivity contribution is 6.05. The smallest absolute Gasteiger partial charge is 0.412 e. The number of anilines is 2. The van der Waals surface area contributed by atoms with E-state index in [0.717, 1.165) is 0 Å². The van der Waals surface area contributed by atoms with Crippen LogP contribution >= 0.6 is 0 Å². The van der Waals surface area contributed by atoms with Gasteiger partial charge in [-0.15, -0.1) is 0 Å². The van der Waals surface area contributed by atoms with Gasteiger partial charge in [0.15, 0.2) is 6.61 Å². The van der Waals surface area contributed by atoms with Crippen LogP contribution in [0.3, 0.4) is 0 Å². The molecule has 0 bridgehead atoms. The Morgan fingerprint density at radius 3 is 2.27 bits per heavy atom. The molecule has 2 amide bonds. The van der Waals surface area contributed by atoms with Gasteiger partial charge in [0.25, 0.3) is 5.91 Å². The van der Waals surface area contributed by atoms with E-state index in [1.165, 1.54) is 0 Å². The van der Waals surface area contributed by atoms with Crippen molar-refractivity contribution in [1.82, 2.24) is 0 Å².